The molecule has 0 radical (unpaired) electrons. The highest BCUT2D eigenvalue weighted by Gasteiger charge is 2.10. The Morgan fingerprint density at radius 3 is 2.75 bits per heavy atom. The number of halogens is 1. The monoisotopic (exact) mass is 501 g/mol. The number of rotatable bonds is 11. The highest BCUT2D eigenvalue weighted by atomic mass is 127. The second-order valence-corrected chi connectivity index (χ2v) is 7.43. The maximum absolute atomic E-state index is 9.27. The van der Waals surface area contributed by atoms with Crippen molar-refractivity contribution in [2.24, 2.45) is 16.8 Å². The van der Waals surface area contributed by atoms with Gasteiger partial charge in [0.2, 0.25) is 0 Å². The fourth-order valence-corrected chi connectivity index (χ4v) is 3.34. The molecule has 3 N–H and O–H groups in total. The number of fused-ring (bicyclic) bond motifs is 1. The van der Waals surface area contributed by atoms with Gasteiger partial charge in [-0.1, -0.05) is 26.0 Å². The number of imidazole rings is 1. The summed E-state index contributed by atoms with van der Waals surface area (Å²) in [5, 5.41) is 16.0. The molecule has 0 aliphatic carbocycles. The van der Waals surface area contributed by atoms with Crippen LogP contribution in [0, 0.1) is 11.8 Å². The largest absolute Gasteiger partial charge is 0.396 e. The average molecular weight is 501 g/mol. The highest BCUT2D eigenvalue weighted by molar-refractivity contribution is 14.0. The van der Waals surface area contributed by atoms with Crippen LogP contribution in [0.25, 0.3) is 11.0 Å². The number of nitrogens with one attached hydrogen (secondary N) is 2. The molecule has 7 heteroatoms. The quantitative estimate of drug-likeness (QED) is 0.190. The molecule has 0 saturated heterocycles. The Morgan fingerprint density at radius 2 is 2.04 bits per heavy atom. The first kappa shape index (κ1) is 24.7. The number of aliphatic hydroxyl groups is 1. The number of para-hydroxylation sites is 2. The summed E-state index contributed by atoms with van der Waals surface area (Å²) >= 11 is 0. The van der Waals surface area contributed by atoms with E-state index in [4.69, 9.17) is 4.99 Å². The molecule has 28 heavy (non-hydrogen) atoms. The Morgan fingerprint density at radius 1 is 1.25 bits per heavy atom. The maximum atomic E-state index is 9.27. The number of nitrogens with zero attached hydrogens (tertiary/aromatic N) is 3. The van der Waals surface area contributed by atoms with Crippen molar-refractivity contribution in [1.29, 1.82) is 0 Å². The predicted molar refractivity (Wildman–Crippen MR) is 128 cm³/mol. The van der Waals surface area contributed by atoms with Crippen molar-refractivity contribution in [2.75, 3.05) is 26.2 Å². The van der Waals surface area contributed by atoms with E-state index >= 15 is 0 Å². The summed E-state index contributed by atoms with van der Waals surface area (Å²) in [6.45, 7) is 10.1. The molecule has 6 nitrogen and oxygen atoms in total. The van der Waals surface area contributed by atoms with E-state index in [0.717, 1.165) is 56.9 Å². The Hall–Kier alpha value is -1.35. The highest BCUT2D eigenvalue weighted by Crippen LogP contribution is 2.15. The van der Waals surface area contributed by atoms with Crippen LogP contribution in [0.3, 0.4) is 0 Å². The third-order valence-corrected chi connectivity index (χ3v) is 4.59. The first-order valence-corrected chi connectivity index (χ1v) is 10.2. The zero-order chi connectivity index (χ0) is 19.5. The number of guanidine groups is 1. The Balaban J connectivity index is 0.00000392. The van der Waals surface area contributed by atoms with E-state index < -0.39 is 0 Å². The normalized spacial score (nSPS) is 12.8. The minimum absolute atomic E-state index is 0. The van der Waals surface area contributed by atoms with Crippen LogP contribution in [0.1, 0.15) is 40.0 Å². The van der Waals surface area contributed by atoms with E-state index in [0.29, 0.717) is 11.8 Å². The SMILES string of the molecule is CCNC(=NCC(CCO)CC(C)C)NCCCn1cnc2ccccc21.I. The topological polar surface area (TPSA) is 74.5 Å². The molecule has 0 spiro atoms. The second-order valence-electron chi connectivity index (χ2n) is 7.43. The molecule has 2 rings (SSSR count). The summed E-state index contributed by atoms with van der Waals surface area (Å²) < 4.78 is 2.20. The molecule has 0 amide bonds. The molecule has 2 aromatic rings. The van der Waals surface area contributed by atoms with Gasteiger partial charge in [-0.05, 0) is 50.2 Å². The van der Waals surface area contributed by atoms with Crippen LogP contribution in [0.15, 0.2) is 35.6 Å². The smallest absolute Gasteiger partial charge is 0.191 e. The van der Waals surface area contributed by atoms with Crippen molar-refractivity contribution in [3.8, 4) is 0 Å². The Labute approximate surface area is 186 Å². The van der Waals surface area contributed by atoms with Gasteiger partial charge in [0.1, 0.15) is 0 Å². The lowest BCUT2D eigenvalue weighted by Crippen LogP contribution is -2.38. The van der Waals surface area contributed by atoms with Crippen LogP contribution in [0.5, 0.6) is 0 Å². The minimum Gasteiger partial charge on any atom is -0.396 e. The van der Waals surface area contributed by atoms with Gasteiger partial charge in [-0.25, -0.2) is 4.98 Å². The summed E-state index contributed by atoms with van der Waals surface area (Å²) in [6.07, 6.45) is 4.82. The fraction of sp³-hybridized carbons (Fsp3) is 0.619. The predicted octanol–water partition coefficient (Wildman–Crippen LogP) is 3.64. The summed E-state index contributed by atoms with van der Waals surface area (Å²) in [5.74, 6) is 1.92. The van der Waals surface area contributed by atoms with E-state index in [1.165, 1.54) is 5.52 Å². The van der Waals surface area contributed by atoms with Gasteiger partial charge in [0.05, 0.1) is 17.4 Å². The molecule has 0 fully saturated rings. The summed E-state index contributed by atoms with van der Waals surface area (Å²) in [5.41, 5.74) is 2.22. The van der Waals surface area contributed by atoms with E-state index in [1.807, 2.05) is 18.5 Å². The van der Waals surface area contributed by atoms with Crippen LogP contribution in [-0.4, -0.2) is 46.9 Å². The zero-order valence-corrected chi connectivity index (χ0v) is 19.7. The van der Waals surface area contributed by atoms with E-state index in [9.17, 15) is 5.11 Å². The number of hydrogen-bond acceptors (Lipinski definition) is 3. The van der Waals surface area contributed by atoms with Gasteiger partial charge in [-0.15, -0.1) is 24.0 Å². The average Bonchev–Trinajstić information content (AvgIpc) is 3.06. The van der Waals surface area contributed by atoms with E-state index in [-0.39, 0.29) is 30.6 Å². The molecule has 1 aromatic carbocycles. The Bertz CT molecular complexity index is 701. The second kappa shape index (κ2) is 13.8. The number of aliphatic imine (C=N–C) groups is 1. The van der Waals surface area contributed by atoms with E-state index in [2.05, 4.69) is 53.1 Å². The molecule has 1 atom stereocenters. The van der Waals surface area contributed by atoms with Crippen molar-refractivity contribution in [2.45, 2.75) is 46.6 Å². The maximum Gasteiger partial charge on any atom is 0.191 e. The van der Waals surface area contributed by atoms with E-state index in [1.54, 1.807) is 0 Å². The van der Waals surface area contributed by atoms with Crippen molar-refractivity contribution in [3.63, 3.8) is 0 Å². The van der Waals surface area contributed by atoms with Gasteiger partial charge < -0.3 is 20.3 Å². The van der Waals surface area contributed by atoms with Crippen LogP contribution in [-0.2, 0) is 6.54 Å². The Kier molecular flexibility index (Phi) is 12.1. The fourth-order valence-electron chi connectivity index (χ4n) is 3.34. The van der Waals surface area contributed by atoms with Crippen molar-refractivity contribution in [1.82, 2.24) is 20.2 Å². The van der Waals surface area contributed by atoms with Crippen molar-refractivity contribution < 1.29 is 5.11 Å². The van der Waals surface area contributed by atoms with Crippen LogP contribution >= 0.6 is 24.0 Å². The molecule has 1 unspecified atom stereocenters. The van der Waals surface area contributed by atoms with Crippen LogP contribution in [0.2, 0.25) is 0 Å². The van der Waals surface area contributed by atoms with Crippen LogP contribution < -0.4 is 10.6 Å². The summed E-state index contributed by atoms with van der Waals surface area (Å²) in [6, 6.07) is 8.22. The minimum atomic E-state index is 0. The van der Waals surface area contributed by atoms with Crippen LogP contribution in [0.4, 0.5) is 0 Å². The molecule has 1 heterocycles. The third-order valence-electron chi connectivity index (χ3n) is 4.59. The standard InChI is InChI=1S/C21H35N5O.HI/c1-4-22-21(24-15-18(10-13-27)14-17(2)3)23-11-7-12-26-16-25-19-8-5-6-9-20(19)26;/h5-6,8-9,16-18,27H,4,7,10-15H2,1-3H3,(H2,22,23,24);1H. The lowest BCUT2D eigenvalue weighted by molar-refractivity contribution is 0.245. The third kappa shape index (κ3) is 8.34. The molecule has 0 saturated carbocycles. The lowest BCUT2D eigenvalue weighted by Gasteiger charge is -2.17. The number of aryl methyl sites for hydroxylation is 1. The molecule has 0 bridgehead atoms. The molecule has 1 aromatic heterocycles. The number of hydrogen-bond donors (Lipinski definition) is 3. The van der Waals surface area contributed by atoms with Gasteiger partial charge in [-0.2, -0.15) is 0 Å². The summed E-state index contributed by atoms with van der Waals surface area (Å²) in [7, 11) is 0. The first-order chi connectivity index (χ1) is 13.1. The zero-order valence-electron chi connectivity index (χ0n) is 17.4. The number of benzene rings is 1. The van der Waals surface area contributed by atoms with Crippen molar-refractivity contribution in [3.05, 3.63) is 30.6 Å². The molecular formula is C21H36IN5O. The number of aliphatic hydroxyl groups excluding tert-OH is 1. The molecule has 0 aliphatic rings. The van der Waals surface area contributed by atoms with Gasteiger partial charge >= 0.3 is 0 Å². The molecule has 0 aliphatic heterocycles. The van der Waals surface area contributed by atoms with Gasteiger partial charge in [0, 0.05) is 32.8 Å². The number of aromatic nitrogens is 2. The summed E-state index contributed by atoms with van der Waals surface area (Å²) in [4.78, 5) is 9.17. The van der Waals surface area contributed by atoms with Gasteiger partial charge in [0.15, 0.2) is 5.96 Å². The van der Waals surface area contributed by atoms with Gasteiger partial charge in [-0.3, -0.25) is 4.99 Å². The molecular weight excluding hydrogens is 465 g/mol. The molecule has 158 valence electrons. The van der Waals surface area contributed by atoms with Crippen molar-refractivity contribution >= 4 is 41.0 Å². The van der Waals surface area contributed by atoms with Gasteiger partial charge in [0.25, 0.3) is 0 Å². The lowest BCUT2D eigenvalue weighted by atomic mass is 9.94. The first-order valence-electron chi connectivity index (χ1n) is 10.2.